The van der Waals surface area contributed by atoms with Gasteiger partial charge >= 0.3 is 5.97 Å². The molecule has 0 atom stereocenters. The second-order valence-corrected chi connectivity index (χ2v) is 4.27. The van der Waals surface area contributed by atoms with E-state index in [-0.39, 0.29) is 0 Å². The summed E-state index contributed by atoms with van der Waals surface area (Å²) in [5.41, 5.74) is 0.850. The number of rotatable bonds is 4. The number of carboxylic acids is 1. The molecule has 1 saturated carbocycles. The molecule has 1 aliphatic rings. The molecule has 1 aromatic rings. The number of hydrogen-bond acceptors (Lipinski definition) is 2. The van der Waals surface area contributed by atoms with E-state index < -0.39 is 5.97 Å². The van der Waals surface area contributed by atoms with E-state index in [1.165, 1.54) is 12.8 Å². The fourth-order valence-electron chi connectivity index (χ4n) is 2.06. The van der Waals surface area contributed by atoms with Crippen LogP contribution in [0.25, 0.3) is 6.08 Å². The van der Waals surface area contributed by atoms with E-state index in [0.717, 1.165) is 30.2 Å². The van der Waals surface area contributed by atoms with E-state index >= 15 is 0 Å². The van der Waals surface area contributed by atoms with Gasteiger partial charge in [0.1, 0.15) is 5.75 Å². The monoisotopic (exact) mass is 232 g/mol. The topological polar surface area (TPSA) is 46.5 Å². The van der Waals surface area contributed by atoms with Crippen LogP contribution in [0.2, 0.25) is 0 Å². The number of carboxylic acid groups (broad SMARTS) is 1. The number of aliphatic carboxylic acids is 1. The fraction of sp³-hybridized carbons (Fsp3) is 0.357. The zero-order chi connectivity index (χ0) is 12.1. The molecule has 0 aromatic heterocycles. The van der Waals surface area contributed by atoms with E-state index in [1.807, 2.05) is 24.3 Å². The highest BCUT2D eigenvalue weighted by Crippen LogP contribution is 2.24. The van der Waals surface area contributed by atoms with Crippen LogP contribution in [0.3, 0.4) is 0 Å². The number of hydrogen-bond donors (Lipinski definition) is 1. The third kappa shape index (κ3) is 3.63. The van der Waals surface area contributed by atoms with Crippen molar-refractivity contribution in [2.75, 3.05) is 0 Å². The minimum Gasteiger partial charge on any atom is -0.490 e. The average Bonchev–Trinajstić information content (AvgIpc) is 2.80. The Kier molecular flexibility index (Phi) is 3.81. The van der Waals surface area contributed by atoms with Gasteiger partial charge in [0.05, 0.1) is 6.10 Å². The first-order chi connectivity index (χ1) is 8.24. The highest BCUT2D eigenvalue weighted by Gasteiger charge is 2.16. The standard InChI is InChI=1S/C14H16O3/c15-14(16)9-8-11-4-3-7-13(10-11)17-12-5-1-2-6-12/h3-4,7-10,12H,1-2,5-6H2,(H,15,16). The number of ether oxygens (including phenoxy) is 1. The summed E-state index contributed by atoms with van der Waals surface area (Å²) >= 11 is 0. The van der Waals surface area contributed by atoms with Crippen LogP contribution in [-0.2, 0) is 4.79 Å². The maximum Gasteiger partial charge on any atom is 0.328 e. The van der Waals surface area contributed by atoms with Gasteiger partial charge in [-0.15, -0.1) is 0 Å². The smallest absolute Gasteiger partial charge is 0.328 e. The van der Waals surface area contributed by atoms with E-state index in [1.54, 1.807) is 6.08 Å². The quantitative estimate of drug-likeness (QED) is 0.811. The van der Waals surface area contributed by atoms with Gasteiger partial charge in [0, 0.05) is 6.08 Å². The van der Waals surface area contributed by atoms with Crippen molar-refractivity contribution in [3.63, 3.8) is 0 Å². The molecular formula is C14H16O3. The molecule has 0 aliphatic heterocycles. The van der Waals surface area contributed by atoms with Crippen molar-refractivity contribution in [1.82, 2.24) is 0 Å². The van der Waals surface area contributed by atoms with Crippen molar-refractivity contribution < 1.29 is 14.6 Å². The predicted molar refractivity (Wildman–Crippen MR) is 66.0 cm³/mol. The lowest BCUT2D eigenvalue weighted by atomic mass is 10.2. The maximum atomic E-state index is 10.4. The lowest BCUT2D eigenvalue weighted by Crippen LogP contribution is -2.10. The second-order valence-electron chi connectivity index (χ2n) is 4.27. The van der Waals surface area contributed by atoms with Crippen molar-refractivity contribution in [2.24, 2.45) is 0 Å². The summed E-state index contributed by atoms with van der Waals surface area (Å²) in [7, 11) is 0. The molecule has 3 nitrogen and oxygen atoms in total. The van der Waals surface area contributed by atoms with Gasteiger partial charge in [0.2, 0.25) is 0 Å². The highest BCUT2D eigenvalue weighted by molar-refractivity contribution is 5.85. The molecule has 0 heterocycles. The summed E-state index contributed by atoms with van der Waals surface area (Å²) < 4.78 is 5.84. The second kappa shape index (κ2) is 5.53. The van der Waals surface area contributed by atoms with E-state index in [0.29, 0.717) is 6.10 Å². The normalized spacial score (nSPS) is 16.5. The minimum absolute atomic E-state index is 0.328. The van der Waals surface area contributed by atoms with Crippen molar-refractivity contribution in [3.05, 3.63) is 35.9 Å². The molecule has 0 bridgehead atoms. The van der Waals surface area contributed by atoms with Crippen molar-refractivity contribution in [2.45, 2.75) is 31.8 Å². The summed E-state index contributed by atoms with van der Waals surface area (Å²) in [6.45, 7) is 0. The lowest BCUT2D eigenvalue weighted by Gasteiger charge is -2.13. The molecular weight excluding hydrogens is 216 g/mol. The van der Waals surface area contributed by atoms with Crippen LogP contribution in [0.4, 0.5) is 0 Å². The summed E-state index contributed by atoms with van der Waals surface area (Å²) in [5.74, 6) is -0.114. The Balaban J connectivity index is 2.02. The molecule has 3 heteroatoms. The Labute approximate surface area is 101 Å². The Morgan fingerprint density at radius 3 is 2.82 bits per heavy atom. The molecule has 0 saturated heterocycles. The van der Waals surface area contributed by atoms with Crippen molar-refractivity contribution in [1.29, 1.82) is 0 Å². The predicted octanol–water partition coefficient (Wildman–Crippen LogP) is 3.11. The molecule has 90 valence electrons. The molecule has 0 amide bonds. The highest BCUT2D eigenvalue weighted by atomic mass is 16.5. The zero-order valence-electron chi connectivity index (χ0n) is 9.63. The molecule has 1 N–H and O–H groups in total. The molecule has 1 aromatic carbocycles. The lowest BCUT2D eigenvalue weighted by molar-refractivity contribution is -0.131. The van der Waals surface area contributed by atoms with Crippen LogP contribution in [0.5, 0.6) is 5.75 Å². The number of benzene rings is 1. The summed E-state index contributed by atoms with van der Waals surface area (Å²) in [6.07, 6.45) is 7.75. The third-order valence-electron chi connectivity index (χ3n) is 2.88. The molecule has 1 fully saturated rings. The molecule has 0 unspecified atom stereocenters. The third-order valence-corrected chi connectivity index (χ3v) is 2.88. The van der Waals surface area contributed by atoms with Gasteiger partial charge in [-0.2, -0.15) is 0 Å². The van der Waals surface area contributed by atoms with E-state index in [9.17, 15) is 4.79 Å². The largest absolute Gasteiger partial charge is 0.490 e. The zero-order valence-corrected chi connectivity index (χ0v) is 9.63. The molecule has 0 spiro atoms. The van der Waals surface area contributed by atoms with E-state index in [2.05, 4.69) is 0 Å². The summed E-state index contributed by atoms with van der Waals surface area (Å²) in [5, 5.41) is 8.56. The van der Waals surface area contributed by atoms with Gasteiger partial charge in [0.15, 0.2) is 0 Å². The summed E-state index contributed by atoms with van der Waals surface area (Å²) in [6, 6.07) is 7.53. The Morgan fingerprint density at radius 1 is 1.35 bits per heavy atom. The Morgan fingerprint density at radius 2 is 2.12 bits per heavy atom. The van der Waals surface area contributed by atoms with Gasteiger partial charge in [-0.3, -0.25) is 0 Å². The Hall–Kier alpha value is -1.77. The summed E-state index contributed by atoms with van der Waals surface area (Å²) in [4.78, 5) is 10.4. The van der Waals surface area contributed by atoms with E-state index in [4.69, 9.17) is 9.84 Å². The van der Waals surface area contributed by atoms with Crippen LogP contribution in [0.15, 0.2) is 30.3 Å². The average molecular weight is 232 g/mol. The van der Waals surface area contributed by atoms with Gasteiger partial charge in [-0.25, -0.2) is 4.79 Å². The van der Waals surface area contributed by atoms with Crippen molar-refractivity contribution >= 4 is 12.0 Å². The van der Waals surface area contributed by atoms with Crippen LogP contribution >= 0.6 is 0 Å². The van der Waals surface area contributed by atoms with Gasteiger partial charge in [-0.1, -0.05) is 12.1 Å². The van der Waals surface area contributed by atoms with Gasteiger partial charge in [0.25, 0.3) is 0 Å². The van der Waals surface area contributed by atoms with Crippen LogP contribution in [-0.4, -0.2) is 17.2 Å². The number of carbonyl (C=O) groups is 1. The molecule has 2 rings (SSSR count). The minimum atomic E-state index is -0.938. The van der Waals surface area contributed by atoms with Crippen molar-refractivity contribution in [3.8, 4) is 5.75 Å². The molecule has 1 aliphatic carbocycles. The van der Waals surface area contributed by atoms with Crippen LogP contribution < -0.4 is 4.74 Å². The Bertz CT molecular complexity index is 417. The van der Waals surface area contributed by atoms with Gasteiger partial charge < -0.3 is 9.84 Å². The molecule has 0 radical (unpaired) electrons. The molecule has 17 heavy (non-hydrogen) atoms. The first kappa shape index (κ1) is 11.7. The SMILES string of the molecule is O=C(O)C=Cc1cccc(OC2CCCC2)c1. The first-order valence-corrected chi connectivity index (χ1v) is 5.92. The van der Waals surface area contributed by atoms with Gasteiger partial charge in [-0.05, 0) is 49.5 Å². The van der Waals surface area contributed by atoms with Crippen LogP contribution in [0.1, 0.15) is 31.2 Å². The maximum absolute atomic E-state index is 10.4. The van der Waals surface area contributed by atoms with Crippen LogP contribution in [0, 0.1) is 0 Å². The first-order valence-electron chi connectivity index (χ1n) is 5.92. The fourth-order valence-corrected chi connectivity index (χ4v) is 2.06.